The van der Waals surface area contributed by atoms with Crippen molar-refractivity contribution in [2.24, 2.45) is 11.8 Å². The van der Waals surface area contributed by atoms with Gasteiger partial charge in [-0.05, 0) is 43.2 Å². The number of carbonyl (C=O) groups excluding carboxylic acids is 1. The van der Waals surface area contributed by atoms with Gasteiger partial charge in [0.05, 0.1) is 0 Å². The van der Waals surface area contributed by atoms with Crippen molar-refractivity contribution in [2.45, 2.75) is 52.7 Å². The number of hydrogen-bond donors (Lipinski definition) is 1. The highest BCUT2D eigenvalue weighted by atomic mass is 16.2. The molecule has 6 heteroatoms. The van der Waals surface area contributed by atoms with Gasteiger partial charge in [-0.25, -0.2) is 0 Å². The molecule has 1 N–H and O–H groups in total. The van der Waals surface area contributed by atoms with Crippen molar-refractivity contribution in [2.75, 3.05) is 13.1 Å². The van der Waals surface area contributed by atoms with E-state index in [1.54, 1.807) is 0 Å². The van der Waals surface area contributed by atoms with E-state index in [4.69, 9.17) is 0 Å². The van der Waals surface area contributed by atoms with Crippen LogP contribution in [0.15, 0.2) is 24.3 Å². The van der Waals surface area contributed by atoms with E-state index in [1.807, 2.05) is 18.4 Å². The van der Waals surface area contributed by atoms with Gasteiger partial charge in [-0.15, -0.1) is 10.2 Å². The fourth-order valence-corrected chi connectivity index (χ4v) is 4.38. The van der Waals surface area contributed by atoms with E-state index in [0.29, 0.717) is 17.7 Å². The highest BCUT2D eigenvalue weighted by Crippen LogP contribution is 2.33. The number of amides is 1. The molecule has 2 atom stereocenters. The van der Waals surface area contributed by atoms with Crippen LogP contribution >= 0.6 is 0 Å². The van der Waals surface area contributed by atoms with Gasteiger partial charge in [0.2, 0.25) is 5.82 Å². The van der Waals surface area contributed by atoms with Crippen LogP contribution in [0.25, 0.3) is 0 Å². The molecule has 0 spiro atoms. The van der Waals surface area contributed by atoms with Crippen molar-refractivity contribution in [1.82, 2.24) is 25.0 Å². The van der Waals surface area contributed by atoms with E-state index in [0.717, 1.165) is 44.8 Å². The number of fused-ring (bicyclic) bond motifs is 2. The third-order valence-electron chi connectivity index (χ3n) is 5.80. The molecular weight excluding hydrogens is 338 g/mol. The van der Waals surface area contributed by atoms with Gasteiger partial charge in [-0.2, -0.15) is 0 Å². The first-order valence-electron chi connectivity index (χ1n) is 10.1. The fourth-order valence-electron chi connectivity index (χ4n) is 4.38. The van der Waals surface area contributed by atoms with E-state index in [-0.39, 0.29) is 11.9 Å². The molecule has 2 aromatic rings. The maximum Gasteiger partial charge on any atom is 0.289 e. The maximum absolute atomic E-state index is 12.4. The maximum atomic E-state index is 12.4. The molecule has 2 aliphatic heterocycles. The van der Waals surface area contributed by atoms with Crippen molar-refractivity contribution < 1.29 is 4.79 Å². The lowest BCUT2D eigenvalue weighted by atomic mass is 9.89. The Balaban J connectivity index is 1.42. The van der Waals surface area contributed by atoms with Crippen molar-refractivity contribution in [3.05, 3.63) is 47.0 Å². The fraction of sp³-hybridized carbons (Fsp3) is 0.571. The number of likely N-dealkylation sites (tertiary alicyclic amines) is 1. The summed E-state index contributed by atoms with van der Waals surface area (Å²) in [6.45, 7) is 10.1. The van der Waals surface area contributed by atoms with Gasteiger partial charge in [-0.3, -0.25) is 9.69 Å². The van der Waals surface area contributed by atoms with Gasteiger partial charge >= 0.3 is 0 Å². The molecule has 1 amide bonds. The van der Waals surface area contributed by atoms with Crippen LogP contribution in [0.2, 0.25) is 0 Å². The van der Waals surface area contributed by atoms with Crippen molar-refractivity contribution in [3.63, 3.8) is 0 Å². The van der Waals surface area contributed by atoms with E-state index in [1.165, 1.54) is 11.1 Å². The molecular formula is C21H29N5O. The van der Waals surface area contributed by atoms with Crippen LogP contribution in [0.1, 0.15) is 48.3 Å². The van der Waals surface area contributed by atoms with Gasteiger partial charge in [0.15, 0.2) is 0 Å². The zero-order chi connectivity index (χ0) is 19.0. The molecule has 0 unspecified atom stereocenters. The van der Waals surface area contributed by atoms with Crippen molar-refractivity contribution in [3.8, 4) is 0 Å². The molecule has 4 rings (SSSR count). The molecule has 3 heterocycles. The second-order valence-corrected chi connectivity index (χ2v) is 8.27. The van der Waals surface area contributed by atoms with E-state index >= 15 is 0 Å². The summed E-state index contributed by atoms with van der Waals surface area (Å²) in [7, 11) is 0. The number of hydrogen-bond acceptors (Lipinski definition) is 4. The Kier molecular flexibility index (Phi) is 5.00. The van der Waals surface area contributed by atoms with Crippen LogP contribution < -0.4 is 5.32 Å². The molecule has 1 aromatic heterocycles. The second kappa shape index (κ2) is 7.43. The molecule has 1 fully saturated rings. The number of nitrogens with one attached hydrogen (secondary N) is 1. The van der Waals surface area contributed by atoms with E-state index in [9.17, 15) is 4.79 Å². The Morgan fingerprint density at radius 3 is 2.52 bits per heavy atom. The smallest absolute Gasteiger partial charge is 0.289 e. The minimum atomic E-state index is -0.118. The van der Waals surface area contributed by atoms with E-state index in [2.05, 4.69) is 51.6 Å². The number of carbonyl (C=O) groups is 1. The number of aromatic nitrogens is 3. The summed E-state index contributed by atoms with van der Waals surface area (Å²) in [6.07, 6.45) is 2.00. The number of aryl methyl sites for hydroxylation is 1. The Hall–Kier alpha value is -2.21. The third kappa shape index (κ3) is 3.76. The topological polar surface area (TPSA) is 63.1 Å². The summed E-state index contributed by atoms with van der Waals surface area (Å²) in [5.74, 6) is 2.48. The summed E-state index contributed by atoms with van der Waals surface area (Å²) in [5, 5.41) is 11.4. The highest BCUT2D eigenvalue weighted by molar-refractivity contribution is 5.90. The molecule has 0 saturated carbocycles. The predicted octanol–water partition coefficient (Wildman–Crippen LogP) is 2.28. The second-order valence-electron chi connectivity index (χ2n) is 8.27. The van der Waals surface area contributed by atoms with E-state index < -0.39 is 0 Å². The standard InChI is InChI=1S/C21H29N5O/c1-4-15-5-7-16(8-6-15)10-25-11-17-9-19-23-24-20(21(27)22-14(2)3)26(19)13-18(17)12-25/h5-8,14,17-18H,4,9-13H2,1-3H3,(H,22,27)/t17-,18-/m1/s1. The van der Waals surface area contributed by atoms with Crippen LogP contribution in [0.4, 0.5) is 0 Å². The normalized spacial score (nSPS) is 21.9. The van der Waals surface area contributed by atoms with Gasteiger partial charge in [-0.1, -0.05) is 31.2 Å². The van der Waals surface area contributed by atoms with Crippen molar-refractivity contribution in [1.29, 1.82) is 0 Å². The minimum Gasteiger partial charge on any atom is -0.347 e. The Morgan fingerprint density at radius 1 is 1.11 bits per heavy atom. The van der Waals surface area contributed by atoms with Crippen molar-refractivity contribution >= 4 is 5.91 Å². The lowest BCUT2D eigenvalue weighted by molar-refractivity contribution is 0.0924. The van der Waals surface area contributed by atoms with Crippen LogP contribution in [0.3, 0.4) is 0 Å². The van der Waals surface area contributed by atoms with Gasteiger partial charge in [0.1, 0.15) is 5.82 Å². The SMILES string of the molecule is CCc1ccc(CN2C[C@H]3Cc4nnc(C(=O)NC(C)C)n4C[C@H]3C2)cc1. The van der Waals surface area contributed by atoms with Crippen LogP contribution in [0.5, 0.6) is 0 Å². The largest absolute Gasteiger partial charge is 0.347 e. The number of rotatable bonds is 5. The first-order valence-corrected chi connectivity index (χ1v) is 10.1. The zero-order valence-corrected chi connectivity index (χ0v) is 16.5. The van der Waals surface area contributed by atoms with Crippen LogP contribution in [0, 0.1) is 11.8 Å². The Bertz CT molecular complexity index is 810. The quantitative estimate of drug-likeness (QED) is 0.881. The summed E-state index contributed by atoms with van der Waals surface area (Å²) < 4.78 is 2.04. The molecule has 27 heavy (non-hydrogen) atoms. The first-order chi connectivity index (χ1) is 13.0. The predicted molar refractivity (Wildman–Crippen MR) is 104 cm³/mol. The molecule has 1 aromatic carbocycles. The first kappa shape index (κ1) is 18.2. The third-order valence-corrected chi connectivity index (χ3v) is 5.80. The van der Waals surface area contributed by atoms with Gasteiger partial charge in [0, 0.05) is 38.6 Å². The summed E-state index contributed by atoms with van der Waals surface area (Å²) in [5.41, 5.74) is 2.77. The average Bonchev–Trinajstić information content (AvgIpc) is 3.22. The molecule has 6 nitrogen and oxygen atoms in total. The van der Waals surface area contributed by atoms with Crippen LogP contribution in [-0.4, -0.2) is 44.7 Å². The van der Waals surface area contributed by atoms with Crippen LogP contribution in [-0.2, 0) is 25.9 Å². The highest BCUT2D eigenvalue weighted by Gasteiger charge is 2.39. The average molecular weight is 367 g/mol. The number of nitrogens with zero attached hydrogens (tertiary/aromatic N) is 4. The summed E-state index contributed by atoms with van der Waals surface area (Å²) in [6, 6.07) is 9.08. The molecule has 0 aliphatic carbocycles. The summed E-state index contributed by atoms with van der Waals surface area (Å²) >= 11 is 0. The Labute approximate surface area is 161 Å². The molecule has 1 saturated heterocycles. The zero-order valence-electron chi connectivity index (χ0n) is 16.5. The molecule has 2 aliphatic rings. The molecule has 0 radical (unpaired) electrons. The number of benzene rings is 1. The van der Waals surface area contributed by atoms with Gasteiger partial charge < -0.3 is 9.88 Å². The lowest BCUT2D eigenvalue weighted by Crippen LogP contribution is -2.35. The molecule has 144 valence electrons. The van der Waals surface area contributed by atoms with Gasteiger partial charge in [0.25, 0.3) is 5.91 Å². The monoisotopic (exact) mass is 367 g/mol. The molecule has 0 bridgehead atoms. The summed E-state index contributed by atoms with van der Waals surface area (Å²) in [4.78, 5) is 14.9. The Morgan fingerprint density at radius 2 is 1.81 bits per heavy atom. The lowest BCUT2D eigenvalue weighted by Gasteiger charge is -2.25. The minimum absolute atomic E-state index is 0.0999.